The lowest BCUT2D eigenvalue weighted by Crippen LogP contribution is -2.50. The molecule has 34 heavy (non-hydrogen) atoms. The first-order valence-corrected chi connectivity index (χ1v) is 11.3. The molecule has 1 N–H and O–H groups in total. The molecule has 0 aliphatic carbocycles. The van der Waals surface area contributed by atoms with Crippen LogP contribution in [0.3, 0.4) is 0 Å². The highest BCUT2D eigenvalue weighted by molar-refractivity contribution is 7.80. The zero-order chi connectivity index (χ0) is 23.9. The zero-order valence-corrected chi connectivity index (χ0v) is 19.6. The van der Waals surface area contributed by atoms with Gasteiger partial charge in [-0.05, 0) is 54.2 Å². The summed E-state index contributed by atoms with van der Waals surface area (Å²) >= 11 is 5.58. The minimum atomic E-state index is -0.562. The summed E-state index contributed by atoms with van der Waals surface area (Å²) in [7, 11) is 1.25. The van der Waals surface area contributed by atoms with Gasteiger partial charge in [-0.25, -0.2) is 0 Å². The number of carbonyl (C=O) groups is 2. The Morgan fingerprint density at radius 2 is 1.94 bits per heavy atom. The van der Waals surface area contributed by atoms with Crippen LogP contribution in [0.25, 0.3) is 0 Å². The van der Waals surface area contributed by atoms with Crippen LogP contribution in [0, 0.1) is 0 Å². The molecular formula is C24H26N2O7S. The number of nitrogens with one attached hydrogen (secondary N) is 1. The molecule has 2 aromatic carbocycles. The van der Waals surface area contributed by atoms with Crippen molar-refractivity contribution in [2.75, 3.05) is 40.2 Å². The summed E-state index contributed by atoms with van der Waals surface area (Å²) in [5.41, 5.74) is 1.48. The lowest BCUT2D eigenvalue weighted by atomic mass is 10.1. The van der Waals surface area contributed by atoms with Gasteiger partial charge in [0.1, 0.15) is 24.9 Å². The van der Waals surface area contributed by atoms with Gasteiger partial charge in [0.05, 0.1) is 13.7 Å². The Balaban J connectivity index is 1.22. The summed E-state index contributed by atoms with van der Waals surface area (Å²) in [5.74, 6) is 1.25. The van der Waals surface area contributed by atoms with Crippen molar-refractivity contribution in [3.63, 3.8) is 0 Å². The van der Waals surface area contributed by atoms with Crippen LogP contribution in [0.1, 0.15) is 22.3 Å². The van der Waals surface area contributed by atoms with Gasteiger partial charge in [-0.2, -0.15) is 0 Å². The Bertz CT molecular complexity index is 1040. The molecule has 0 amide bonds. The van der Waals surface area contributed by atoms with Crippen LogP contribution in [0.4, 0.5) is 0 Å². The molecule has 0 spiro atoms. The average molecular weight is 487 g/mol. The van der Waals surface area contributed by atoms with E-state index in [1.54, 1.807) is 24.3 Å². The van der Waals surface area contributed by atoms with Crippen LogP contribution >= 0.6 is 12.2 Å². The fourth-order valence-electron chi connectivity index (χ4n) is 3.58. The first-order chi connectivity index (χ1) is 16.5. The molecule has 2 aliphatic heterocycles. The van der Waals surface area contributed by atoms with Gasteiger partial charge in [0.25, 0.3) is 0 Å². The molecule has 1 atom stereocenters. The summed E-state index contributed by atoms with van der Waals surface area (Å²) in [6, 6.07) is 12.5. The molecule has 0 aromatic heterocycles. The van der Waals surface area contributed by atoms with Crippen molar-refractivity contribution in [1.29, 1.82) is 0 Å². The number of carbonyl (C=O) groups excluding carboxylic acids is 2. The number of rotatable bonds is 8. The molecule has 0 bridgehead atoms. The zero-order valence-electron chi connectivity index (χ0n) is 18.8. The minimum absolute atomic E-state index is 0.153. The molecule has 180 valence electrons. The second-order valence-electron chi connectivity index (χ2n) is 7.80. The molecule has 9 nitrogen and oxygen atoms in total. The monoisotopic (exact) mass is 486 g/mol. The lowest BCUT2D eigenvalue weighted by Gasteiger charge is -2.34. The smallest absolute Gasteiger partial charge is 0.313 e. The number of Topliss-reactive ketones (excluding diaryl/α,β-unsaturated/α-hetero) is 1. The highest BCUT2D eigenvalue weighted by Crippen LogP contribution is 2.32. The molecule has 0 saturated carbocycles. The van der Waals surface area contributed by atoms with Gasteiger partial charge in [0.15, 0.2) is 22.4 Å². The van der Waals surface area contributed by atoms with Crippen molar-refractivity contribution >= 4 is 29.1 Å². The molecule has 2 aromatic rings. The average Bonchev–Trinajstić information content (AvgIpc) is 3.34. The first-order valence-electron chi connectivity index (χ1n) is 10.9. The summed E-state index contributed by atoms with van der Waals surface area (Å²) in [5, 5.41) is 3.94. The van der Waals surface area contributed by atoms with Gasteiger partial charge in [-0.1, -0.05) is 6.07 Å². The maximum absolute atomic E-state index is 12.0. The van der Waals surface area contributed by atoms with Crippen LogP contribution < -0.4 is 19.5 Å². The number of esters is 1. The van der Waals surface area contributed by atoms with Crippen LogP contribution in [0.15, 0.2) is 42.5 Å². The maximum Gasteiger partial charge on any atom is 0.313 e. The van der Waals surface area contributed by atoms with E-state index >= 15 is 0 Å². The van der Waals surface area contributed by atoms with E-state index < -0.39 is 5.97 Å². The third-order valence-corrected chi connectivity index (χ3v) is 5.85. The molecule has 2 aliphatic rings. The molecule has 10 heteroatoms. The molecule has 1 saturated heterocycles. The number of ketones is 1. The van der Waals surface area contributed by atoms with Gasteiger partial charge in [0, 0.05) is 25.2 Å². The van der Waals surface area contributed by atoms with Crippen LogP contribution in [-0.2, 0) is 20.8 Å². The summed E-state index contributed by atoms with van der Waals surface area (Å²) in [6.07, 6.45) is -0.440. The molecule has 1 unspecified atom stereocenters. The van der Waals surface area contributed by atoms with Gasteiger partial charge in [-0.3, -0.25) is 9.59 Å². The van der Waals surface area contributed by atoms with Crippen molar-refractivity contribution in [2.45, 2.75) is 19.1 Å². The third kappa shape index (κ3) is 6.15. The van der Waals surface area contributed by atoms with E-state index in [0.29, 0.717) is 49.3 Å². The maximum atomic E-state index is 12.0. The van der Waals surface area contributed by atoms with E-state index in [4.69, 9.17) is 31.2 Å². The number of thiocarbonyl (C=S) groups is 1. The van der Waals surface area contributed by atoms with Crippen LogP contribution in [-0.4, -0.2) is 68.1 Å². The standard InChI is InChI=1S/C24H26N2O7S/c1-29-23(28)11-20(27)17-3-5-18(6-4-17)31-14-19-13-26(8-9-30-19)24(34)25-12-16-2-7-21-22(10-16)33-15-32-21/h2-7,10,19H,8-9,11-15H2,1H3,(H,25,34). The number of morpholine rings is 1. The van der Waals surface area contributed by atoms with Crippen molar-refractivity contribution in [2.24, 2.45) is 0 Å². The van der Waals surface area contributed by atoms with E-state index in [-0.39, 0.29) is 25.1 Å². The number of nitrogens with zero attached hydrogens (tertiary/aromatic N) is 1. The molecule has 2 heterocycles. The summed E-state index contributed by atoms with van der Waals surface area (Å²) in [6.45, 7) is 3.01. The predicted octanol–water partition coefficient (Wildman–Crippen LogP) is 2.32. The predicted molar refractivity (Wildman–Crippen MR) is 126 cm³/mol. The number of hydrogen-bond acceptors (Lipinski definition) is 8. The number of ether oxygens (including phenoxy) is 5. The Labute approximate surface area is 202 Å². The van der Waals surface area contributed by atoms with Crippen LogP contribution in [0.2, 0.25) is 0 Å². The Hall–Kier alpha value is -3.37. The fraction of sp³-hybridized carbons (Fsp3) is 0.375. The Morgan fingerprint density at radius 3 is 2.74 bits per heavy atom. The van der Waals surface area contributed by atoms with Gasteiger partial charge in [0.2, 0.25) is 6.79 Å². The normalized spacial score (nSPS) is 16.6. The summed E-state index contributed by atoms with van der Waals surface area (Å²) < 4.78 is 26.9. The Kier molecular flexibility index (Phi) is 7.81. The number of benzene rings is 2. The third-order valence-electron chi connectivity index (χ3n) is 5.45. The van der Waals surface area contributed by atoms with E-state index in [2.05, 4.69) is 15.0 Å². The van der Waals surface area contributed by atoms with E-state index in [0.717, 1.165) is 17.1 Å². The molecular weight excluding hydrogens is 460 g/mol. The number of methoxy groups -OCH3 is 1. The van der Waals surface area contributed by atoms with Gasteiger partial charge < -0.3 is 33.9 Å². The summed E-state index contributed by atoms with van der Waals surface area (Å²) in [4.78, 5) is 25.4. The second kappa shape index (κ2) is 11.2. The van der Waals surface area contributed by atoms with E-state index in [1.807, 2.05) is 18.2 Å². The van der Waals surface area contributed by atoms with Gasteiger partial charge in [-0.15, -0.1) is 0 Å². The lowest BCUT2D eigenvalue weighted by molar-refractivity contribution is -0.139. The fourth-order valence-corrected chi connectivity index (χ4v) is 3.81. The Morgan fingerprint density at radius 1 is 1.15 bits per heavy atom. The minimum Gasteiger partial charge on any atom is -0.491 e. The second-order valence-corrected chi connectivity index (χ2v) is 8.18. The van der Waals surface area contributed by atoms with E-state index in [9.17, 15) is 9.59 Å². The SMILES string of the molecule is COC(=O)CC(=O)c1ccc(OCC2CN(C(=S)NCc3ccc4c(c3)OCO4)CCO2)cc1. The highest BCUT2D eigenvalue weighted by atomic mass is 32.1. The van der Waals surface area contributed by atoms with Crippen molar-refractivity contribution < 1.29 is 33.3 Å². The van der Waals surface area contributed by atoms with Crippen molar-refractivity contribution in [1.82, 2.24) is 10.2 Å². The number of hydrogen-bond donors (Lipinski definition) is 1. The quantitative estimate of drug-likeness (QED) is 0.259. The number of fused-ring (bicyclic) bond motifs is 1. The largest absolute Gasteiger partial charge is 0.491 e. The highest BCUT2D eigenvalue weighted by Gasteiger charge is 2.23. The molecule has 4 rings (SSSR count). The molecule has 0 radical (unpaired) electrons. The van der Waals surface area contributed by atoms with Gasteiger partial charge >= 0.3 is 5.97 Å². The van der Waals surface area contributed by atoms with E-state index in [1.165, 1.54) is 7.11 Å². The van der Waals surface area contributed by atoms with Crippen molar-refractivity contribution in [3.05, 3.63) is 53.6 Å². The van der Waals surface area contributed by atoms with Crippen molar-refractivity contribution in [3.8, 4) is 17.2 Å². The first kappa shape index (κ1) is 23.8. The topological polar surface area (TPSA) is 95.6 Å². The molecule has 1 fully saturated rings. The van der Waals surface area contributed by atoms with Crippen LogP contribution in [0.5, 0.6) is 17.2 Å².